The van der Waals surface area contributed by atoms with Gasteiger partial charge in [0.05, 0.1) is 7.11 Å². The van der Waals surface area contributed by atoms with E-state index in [-0.39, 0.29) is 5.54 Å². The Morgan fingerprint density at radius 3 is 2.76 bits per heavy atom. The van der Waals surface area contributed by atoms with Crippen LogP contribution in [0.1, 0.15) is 18.4 Å². The Morgan fingerprint density at radius 1 is 1.41 bits per heavy atom. The fraction of sp³-hybridized carbons (Fsp3) is 0.538. The molecule has 3 nitrogen and oxygen atoms in total. The molecule has 0 amide bonds. The number of ether oxygens (including phenoxy) is 2. The predicted octanol–water partition coefficient (Wildman–Crippen LogP) is 2.51. The number of benzene rings is 1. The van der Waals surface area contributed by atoms with E-state index in [1.165, 1.54) is 0 Å². The highest BCUT2D eigenvalue weighted by molar-refractivity contribution is 9.10. The summed E-state index contributed by atoms with van der Waals surface area (Å²) in [6.45, 7) is 1.51. The Balaban J connectivity index is 2.19. The fourth-order valence-electron chi connectivity index (χ4n) is 2.22. The predicted molar refractivity (Wildman–Crippen MR) is 71.4 cm³/mol. The first-order valence-electron chi connectivity index (χ1n) is 5.82. The van der Waals surface area contributed by atoms with Crippen molar-refractivity contribution in [3.63, 3.8) is 0 Å². The van der Waals surface area contributed by atoms with Crippen molar-refractivity contribution in [3.8, 4) is 5.75 Å². The van der Waals surface area contributed by atoms with Crippen molar-refractivity contribution in [2.24, 2.45) is 5.73 Å². The number of hydrogen-bond acceptors (Lipinski definition) is 3. The van der Waals surface area contributed by atoms with Crippen molar-refractivity contribution in [1.82, 2.24) is 0 Å². The Bertz CT molecular complexity index is 389. The summed E-state index contributed by atoms with van der Waals surface area (Å²) in [5.74, 6) is 0.907. The summed E-state index contributed by atoms with van der Waals surface area (Å²) in [6, 6.07) is 6.04. The summed E-state index contributed by atoms with van der Waals surface area (Å²) in [7, 11) is 1.69. The molecule has 0 bridgehead atoms. The van der Waals surface area contributed by atoms with E-state index in [2.05, 4.69) is 22.0 Å². The second kappa shape index (κ2) is 5.38. The van der Waals surface area contributed by atoms with Crippen LogP contribution in [0.3, 0.4) is 0 Å². The Morgan fingerprint density at radius 2 is 2.12 bits per heavy atom. The topological polar surface area (TPSA) is 44.5 Å². The van der Waals surface area contributed by atoms with Crippen LogP contribution in [0.4, 0.5) is 0 Å². The highest BCUT2D eigenvalue weighted by Gasteiger charge is 2.29. The first kappa shape index (κ1) is 12.9. The van der Waals surface area contributed by atoms with Crippen LogP contribution in [0.25, 0.3) is 0 Å². The minimum atomic E-state index is -0.160. The van der Waals surface area contributed by atoms with Crippen molar-refractivity contribution in [2.75, 3.05) is 20.3 Å². The highest BCUT2D eigenvalue weighted by atomic mass is 79.9. The van der Waals surface area contributed by atoms with Gasteiger partial charge in [-0.25, -0.2) is 0 Å². The number of hydrogen-bond donors (Lipinski definition) is 1. The zero-order valence-corrected chi connectivity index (χ0v) is 11.6. The van der Waals surface area contributed by atoms with E-state index in [9.17, 15) is 0 Å². The van der Waals surface area contributed by atoms with Crippen LogP contribution in [0.15, 0.2) is 22.7 Å². The zero-order chi connectivity index (χ0) is 12.3. The van der Waals surface area contributed by atoms with Crippen molar-refractivity contribution in [2.45, 2.75) is 24.8 Å². The van der Waals surface area contributed by atoms with Gasteiger partial charge in [-0.15, -0.1) is 0 Å². The molecule has 0 spiro atoms. The van der Waals surface area contributed by atoms with E-state index in [0.29, 0.717) is 0 Å². The van der Waals surface area contributed by atoms with Gasteiger partial charge in [-0.3, -0.25) is 0 Å². The number of rotatable bonds is 3. The number of nitrogens with two attached hydrogens (primary N) is 1. The van der Waals surface area contributed by atoms with E-state index in [1.54, 1.807) is 7.11 Å². The summed E-state index contributed by atoms with van der Waals surface area (Å²) in [5.41, 5.74) is 7.41. The smallest absolute Gasteiger partial charge is 0.122 e. The highest BCUT2D eigenvalue weighted by Crippen LogP contribution is 2.29. The molecular weight excluding hydrogens is 282 g/mol. The first-order valence-corrected chi connectivity index (χ1v) is 6.61. The monoisotopic (exact) mass is 299 g/mol. The van der Waals surface area contributed by atoms with Crippen molar-refractivity contribution < 1.29 is 9.47 Å². The van der Waals surface area contributed by atoms with E-state index >= 15 is 0 Å². The first-order chi connectivity index (χ1) is 8.13. The zero-order valence-electron chi connectivity index (χ0n) is 10.0. The standard InChI is InChI=1S/C13H18BrNO2/c1-16-12-3-2-11(14)8-10(12)9-13(15)4-6-17-7-5-13/h2-3,8H,4-7,9,15H2,1H3. The van der Waals surface area contributed by atoms with Gasteiger partial charge in [0.25, 0.3) is 0 Å². The second-order valence-corrected chi connectivity index (χ2v) is 5.52. The summed E-state index contributed by atoms with van der Waals surface area (Å²) in [6.07, 6.45) is 2.64. The molecular formula is C13H18BrNO2. The fourth-order valence-corrected chi connectivity index (χ4v) is 2.63. The summed E-state index contributed by atoms with van der Waals surface area (Å²) >= 11 is 3.49. The lowest BCUT2D eigenvalue weighted by atomic mass is 9.84. The third kappa shape index (κ3) is 3.21. The molecule has 1 aliphatic heterocycles. The maximum Gasteiger partial charge on any atom is 0.122 e. The van der Waals surface area contributed by atoms with Crippen LogP contribution < -0.4 is 10.5 Å². The summed E-state index contributed by atoms with van der Waals surface area (Å²) in [4.78, 5) is 0. The van der Waals surface area contributed by atoms with Crippen molar-refractivity contribution in [1.29, 1.82) is 0 Å². The minimum absolute atomic E-state index is 0.160. The van der Waals surface area contributed by atoms with Crippen LogP contribution in [0.5, 0.6) is 5.75 Å². The average molecular weight is 300 g/mol. The van der Waals surface area contributed by atoms with Gasteiger partial charge in [-0.2, -0.15) is 0 Å². The van der Waals surface area contributed by atoms with Gasteiger partial charge in [-0.05, 0) is 43.0 Å². The number of halogens is 1. The molecule has 94 valence electrons. The molecule has 1 heterocycles. The SMILES string of the molecule is COc1ccc(Br)cc1CC1(N)CCOCC1. The van der Waals surface area contributed by atoms with Gasteiger partial charge < -0.3 is 15.2 Å². The molecule has 0 atom stereocenters. The van der Waals surface area contributed by atoms with Gasteiger partial charge >= 0.3 is 0 Å². The molecule has 0 radical (unpaired) electrons. The summed E-state index contributed by atoms with van der Waals surface area (Å²) in [5, 5.41) is 0. The molecule has 0 unspecified atom stereocenters. The molecule has 1 aromatic rings. The lowest BCUT2D eigenvalue weighted by molar-refractivity contribution is 0.0531. The lowest BCUT2D eigenvalue weighted by Crippen LogP contribution is -2.46. The van der Waals surface area contributed by atoms with Crippen LogP contribution in [0.2, 0.25) is 0 Å². The van der Waals surface area contributed by atoms with Crippen LogP contribution in [-0.2, 0) is 11.2 Å². The van der Waals surface area contributed by atoms with Crippen molar-refractivity contribution in [3.05, 3.63) is 28.2 Å². The molecule has 1 saturated heterocycles. The Labute approximate surface area is 110 Å². The van der Waals surface area contributed by atoms with E-state index in [1.807, 2.05) is 12.1 Å². The third-order valence-electron chi connectivity index (χ3n) is 3.27. The molecule has 17 heavy (non-hydrogen) atoms. The quantitative estimate of drug-likeness (QED) is 0.933. The third-order valence-corrected chi connectivity index (χ3v) is 3.77. The van der Waals surface area contributed by atoms with E-state index in [4.69, 9.17) is 15.2 Å². The maximum absolute atomic E-state index is 6.41. The minimum Gasteiger partial charge on any atom is -0.496 e. The van der Waals surface area contributed by atoms with Gasteiger partial charge in [0, 0.05) is 23.2 Å². The average Bonchev–Trinajstić information content (AvgIpc) is 2.29. The molecule has 4 heteroatoms. The van der Waals surface area contributed by atoms with E-state index < -0.39 is 0 Å². The van der Waals surface area contributed by atoms with Crippen LogP contribution >= 0.6 is 15.9 Å². The second-order valence-electron chi connectivity index (χ2n) is 4.61. The van der Waals surface area contributed by atoms with Gasteiger partial charge in [0.15, 0.2) is 0 Å². The molecule has 2 N–H and O–H groups in total. The van der Waals surface area contributed by atoms with E-state index in [0.717, 1.165) is 48.3 Å². The normalized spacial score (nSPS) is 19.0. The van der Waals surface area contributed by atoms with Gasteiger partial charge in [0.1, 0.15) is 5.75 Å². The molecule has 2 rings (SSSR count). The molecule has 0 saturated carbocycles. The largest absolute Gasteiger partial charge is 0.496 e. The lowest BCUT2D eigenvalue weighted by Gasteiger charge is -2.33. The Hall–Kier alpha value is -0.580. The maximum atomic E-state index is 6.41. The van der Waals surface area contributed by atoms with Gasteiger partial charge in [-0.1, -0.05) is 15.9 Å². The molecule has 1 aliphatic rings. The Kier molecular flexibility index (Phi) is 4.07. The van der Waals surface area contributed by atoms with Crippen LogP contribution in [0, 0.1) is 0 Å². The molecule has 1 fully saturated rings. The van der Waals surface area contributed by atoms with Crippen LogP contribution in [-0.4, -0.2) is 25.9 Å². The summed E-state index contributed by atoms with van der Waals surface area (Å²) < 4.78 is 11.8. The molecule has 0 aliphatic carbocycles. The number of methoxy groups -OCH3 is 1. The molecule has 1 aromatic carbocycles. The molecule has 0 aromatic heterocycles. The van der Waals surface area contributed by atoms with Gasteiger partial charge in [0.2, 0.25) is 0 Å². The van der Waals surface area contributed by atoms with Crippen molar-refractivity contribution >= 4 is 15.9 Å².